The van der Waals surface area contributed by atoms with Gasteiger partial charge in [0, 0.05) is 197 Å². The normalized spacial score (nSPS) is 18.7. The third-order valence-corrected chi connectivity index (χ3v) is 25.1. The number of carbonyl (C=O) groups excluding carboxylic acids is 3. The van der Waals surface area contributed by atoms with E-state index in [1.165, 1.54) is 51.0 Å². The number of halogens is 18. The van der Waals surface area contributed by atoms with Gasteiger partial charge in [0.2, 0.25) is 17.8 Å². The van der Waals surface area contributed by atoms with E-state index in [9.17, 15) is 113 Å². The molecule has 3 amide bonds. The van der Waals surface area contributed by atoms with Crippen LogP contribution in [0.1, 0.15) is 215 Å². The van der Waals surface area contributed by atoms with Gasteiger partial charge in [-0.2, -0.15) is 94.3 Å². The molecule has 3 aromatic carbocycles. The SMILES string of the molecule is CC[C@@H]1CC(N(Cc2cc(C(F)(F)F)cc(C(F)(F)F)c2)c2ncc(-c3cnn(C)c3)cn2)C[C@H](CC)N1C(=O)OCC(C)(C)C(=O)O.CC[C@@H]1CC(N(Cc2cc(C(F)(F)F)cc(C(F)(F)F)c2)c2ncc(-c3cnn(C)c3)cn2)C[C@H](CC)N1C(=O)OCCCC(=O)O.CC[C@@H]1CC(N(Cc2cc(C(F)(F)F)cc(C(F)(F)F)c2)c2ncc(-c3cnn(C)c3)cn2)C[C@H](CC)N1C(=O)OCCCCC(=O)O. The van der Waals surface area contributed by atoms with Crippen LogP contribution in [0.2, 0.25) is 0 Å². The van der Waals surface area contributed by atoms with E-state index < -0.39 is 154 Å². The van der Waals surface area contributed by atoms with Crippen molar-refractivity contribution in [3.63, 3.8) is 0 Å². The fourth-order valence-corrected chi connectivity index (χ4v) is 17.6. The zero-order chi connectivity index (χ0) is 105. The Morgan fingerprint density at radius 3 is 0.776 bits per heavy atom. The smallest absolute Gasteiger partial charge is 0.416 e. The molecule has 30 nitrogen and oxygen atoms in total. The Morgan fingerprint density at radius 2 is 0.566 bits per heavy atom. The molecule has 48 heteroatoms. The summed E-state index contributed by atoms with van der Waals surface area (Å²) in [5.41, 5.74) is -6.59. The van der Waals surface area contributed by atoms with Crippen LogP contribution in [0.4, 0.5) is 111 Å². The Hall–Kier alpha value is -13.1. The number of piperidine rings is 3. The van der Waals surface area contributed by atoms with Crippen molar-refractivity contribution in [1.29, 1.82) is 0 Å². The summed E-state index contributed by atoms with van der Waals surface area (Å²) in [7, 11) is 5.20. The van der Waals surface area contributed by atoms with Gasteiger partial charge in [0.15, 0.2) is 0 Å². The molecule has 3 aliphatic rings. The van der Waals surface area contributed by atoms with Gasteiger partial charge in [0.05, 0.1) is 70.6 Å². The minimum Gasteiger partial charge on any atom is -0.481 e. The maximum atomic E-state index is 13.8. The molecule has 9 heterocycles. The number of rotatable bonds is 33. The molecular weight excluding hydrogens is 1930 g/mol. The number of aliphatic carboxylic acids is 3. The van der Waals surface area contributed by atoms with Crippen molar-refractivity contribution in [2.24, 2.45) is 26.6 Å². The molecule has 0 spiro atoms. The molecule has 9 atom stereocenters. The van der Waals surface area contributed by atoms with Crippen LogP contribution in [0.25, 0.3) is 33.4 Å². The Labute approximate surface area is 811 Å². The fourth-order valence-electron chi connectivity index (χ4n) is 17.6. The number of hydrogen-bond donors (Lipinski definition) is 3. The molecule has 3 unspecified atom stereocenters. The highest BCUT2D eigenvalue weighted by molar-refractivity contribution is 5.75. The van der Waals surface area contributed by atoms with Crippen LogP contribution in [0, 0.1) is 5.41 Å². The molecule has 0 aliphatic carbocycles. The second-order valence-electron chi connectivity index (χ2n) is 35.9. The topological polar surface area (TPSA) is 341 Å². The molecule has 0 bridgehead atoms. The van der Waals surface area contributed by atoms with Crippen LogP contribution in [-0.4, -0.2) is 200 Å². The lowest BCUT2D eigenvalue weighted by atomic mass is 9.87. The van der Waals surface area contributed by atoms with Crippen LogP contribution in [0.15, 0.2) is 129 Å². The van der Waals surface area contributed by atoms with Crippen LogP contribution in [-0.2, 0) is 106 Å². The Morgan fingerprint density at radius 1 is 0.336 bits per heavy atom. The summed E-state index contributed by atoms with van der Waals surface area (Å²) in [5, 5.41) is 39.5. The minimum atomic E-state index is -5.02. The van der Waals surface area contributed by atoms with Gasteiger partial charge in [0.25, 0.3) is 0 Å². The summed E-state index contributed by atoms with van der Waals surface area (Å²) in [5.74, 6) is -2.80. The Bertz CT molecular complexity index is 5620. The highest BCUT2D eigenvalue weighted by Gasteiger charge is 2.48. The minimum absolute atomic E-state index is 0.0409. The summed E-state index contributed by atoms with van der Waals surface area (Å²) >= 11 is 0. The van der Waals surface area contributed by atoms with Gasteiger partial charge in [-0.05, 0) is 181 Å². The highest BCUT2D eigenvalue weighted by Crippen LogP contribution is 2.45. The molecule has 3 saturated heterocycles. The summed E-state index contributed by atoms with van der Waals surface area (Å²) in [6.45, 7) is 12.5. The highest BCUT2D eigenvalue weighted by atomic mass is 19.4. The van der Waals surface area contributed by atoms with Crippen LogP contribution in [0.5, 0.6) is 0 Å². The standard InChI is InChI=1S/2C32H38F6N6O4.C31H36F6N6O4/c1-6-24-11-26(12-25(7-2)44(24)29(47)48-18-30(3,4)27(45)46)43(28-39-13-20(14-40-28)21-15-41-42(5)17-21)16-19-8-22(31(33,34)35)10-23(9-19)32(36,37)38;1-4-25-13-27(14-26(5-2)44(25)30(47)48-9-7-6-8-28(45)46)43(29-39-15-21(16-40-29)22-17-41-42(3)19-22)18-20-10-23(31(33,34)35)12-24(11-20)32(36,37)38;1-4-24-12-26(13-25(5-2)43(24)29(46)47-8-6-7-27(44)45)42(28-38-14-20(15-39-28)21-16-40-41(3)18-21)17-19-9-22(30(32,33)34)11-23(10-19)31(35,36)37/h8-10,13-15,17,24-26H,6-7,11-12,16,18H2,1-5H3,(H,45,46);10-12,15-17,19,25-27H,4-9,13-14,18H2,1-3H3,(H,45,46);9-11,14-16,18,24-26H,4-8,12-13,17H2,1-3H3,(H,44,45)/t24-,25+,26?;25-,26+,27?;24-,25+,26?. The summed E-state index contributed by atoms with van der Waals surface area (Å²) in [6.07, 6.45) is -7.58. The van der Waals surface area contributed by atoms with Crippen molar-refractivity contribution in [3.05, 3.63) is 179 Å². The number of ether oxygens (including phenoxy) is 3. The van der Waals surface area contributed by atoms with Crippen molar-refractivity contribution < 1.29 is 137 Å². The number of amides is 3. The maximum Gasteiger partial charge on any atom is 0.416 e. The van der Waals surface area contributed by atoms with Gasteiger partial charge in [-0.3, -0.25) is 28.4 Å². The fraction of sp³-hybridized carbons (Fsp3) is 0.526. The van der Waals surface area contributed by atoms with E-state index in [0.29, 0.717) is 141 Å². The predicted octanol–water partition coefficient (Wildman–Crippen LogP) is 21.5. The monoisotopic (exact) mass is 2040 g/mol. The first-order chi connectivity index (χ1) is 67.0. The summed E-state index contributed by atoms with van der Waals surface area (Å²) in [4.78, 5) is 109. The lowest BCUT2D eigenvalue weighted by molar-refractivity contribution is -0.149. The van der Waals surface area contributed by atoms with E-state index in [4.69, 9.17) is 24.4 Å². The van der Waals surface area contributed by atoms with Gasteiger partial charge in [-0.15, -0.1) is 0 Å². The van der Waals surface area contributed by atoms with Crippen molar-refractivity contribution in [3.8, 4) is 33.4 Å². The predicted molar refractivity (Wildman–Crippen MR) is 483 cm³/mol. The molecule has 9 aromatic rings. The van der Waals surface area contributed by atoms with Gasteiger partial charge in [0.1, 0.15) is 6.61 Å². The molecular formula is C95H112F18N18O12. The van der Waals surface area contributed by atoms with E-state index in [1.807, 2.05) is 41.5 Å². The van der Waals surface area contributed by atoms with Crippen LogP contribution >= 0.6 is 0 Å². The van der Waals surface area contributed by atoms with E-state index >= 15 is 0 Å². The largest absolute Gasteiger partial charge is 0.481 e. The Balaban J connectivity index is 0.000000220. The van der Waals surface area contributed by atoms with Crippen LogP contribution < -0.4 is 14.7 Å². The molecule has 143 heavy (non-hydrogen) atoms. The number of hydrogen-bond acceptors (Lipinski definition) is 21. The molecule has 3 N–H and O–H groups in total. The third-order valence-electron chi connectivity index (χ3n) is 25.1. The second-order valence-corrected chi connectivity index (χ2v) is 35.9. The molecule has 780 valence electrons. The first kappa shape index (κ1) is 112. The summed E-state index contributed by atoms with van der Waals surface area (Å²) in [6, 6.07) is 0.598. The van der Waals surface area contributed by atoms with Gasteiger partial charge in [-0.25, -0.2) is 44.3 Å². The number of nitrogens with zero attached hydrogens (tertiary/aromatic N) is 18. The average Bonchev–Trinajstić information content (AvgIpc) is 1.11. The number of anilines is 3. The number of carbonyl (C=O) groups is 6. The van der Waals surface area contributed by atoms with E-state index in [1.54, 1.807) is 102 Å². The molecule has 12 rings (SSSR count). The van der Waals surface area contributed by atoms with Gasteiger partial charge in [-0.1, -0.05) is 41.5 Å². The number of carboxylic acids is 3. The number of alkyl halides is 18. The number of aromatic nitrogens is 12. The average molecular weight is 2040 g/mol. The first-order valence-corrected chi connectivity index (χ1v) is 46.1. The second kappa shape index (κ2) is 47.4. The number of carboxylic acid groups (broad SMARTS) is 3. The molecule has 0 radical (unpaired) electrons. The number of unbranched alkanes of at least 4 members (excludes halogenated alkanes) is 1. The van der Waals surface area contributed by atoms with Crippen molar-refractivity contribution in [2.45, 2.75) is 276 Å². The van der Waals surface area contributed by atoms with Gasteiger partial charge < -0.3 is 58.9 Å². The van der Waals surface area contributed by atoms with E-state index in [0.717, 1.165) is 5.56 Å². The molecule has 3 fully saturated rings. The van der Waals surface area contributed by atoms with E-state index in [2.05, 4.69) is 45.2 Å². The van der Waals surface area contributed by atoms with Crippen molar-refractivity contribution >= 4 is 54.0 Å². The lowest BCUT2D eigenvalue weighted by Crippen LogP contribution is -2.57. The number of benzene rings is 3. The van der Waals surface area contributed by atoms with Crippen molar-refractivity contribution in [2.75, 3.05) is 34.5 Å². The number of aryl methyl sites for hydroxylation is 3. The first-order valence-electron chi connectivity index (χ1n) is 46.1. The van der Waals surface area contributed by atoms with E-state index in [-0.39, 0.29) is 136 Å². The molecule has 0 saturated carbocycles. The molecule has 6 aromatic heterocycles. The maximum absolute atomic E-state index is 13.8. The Kier molecular flexibility index (Phi) is 37.1. The number of likely N-dealkylation sites (tertiary alicyclic amines) is 3. The van der Waals surface area contributed by atoms with Crippen molar-refractivity contribution in [1.82, 2.24) is 73.9 Å². The zero-order valence-electron chi connectivity index (χ0n) is 80.0. The zero-order valence-corrected chi connectivity index (χ0v) is 80.0. The lowest BCUT2D eigenvalue weighted by Gasteiger charge is -2.47. The third kappa shape index (κ3) is 30.0. The van der Waals surface area contributed by atoms with Crippen LogP contribution in [0.3, 0.4) is 0 Å². The summed E-state index contributed by atoms with van der Waals surface area (Å²) < 4.78 is 269. The quantitative estimate of drug-likeness (QED) is 0.0195. The van der Waals surface area contributed by atoms with Gasteiger partial charge >= 0.3 is 73.2 Å². The molecule has 3 aliphatic heterocycles.